The molecule has 2 heterocycles. The fraction of sp³-hybridized carbons (Fsp3) is 0.462. The minimum Gasteiger partial charge on any atom is -0.390 e. The van der Waals surface area contributed by atoms with E-state index in [-0.39, 0.29) is 10.6 Å². The van der Waals surface area contributed by atoms with Crippen molar-refractivity contribution in [3.05, 3.63) is 27.8 Å². The Bertz CT molecular complexity index is 658. The summed E-state index contributed by atoms with van der Waals surface area (Å²) in [5.74, 6) is 0. The molecule has 0 spiro atoms. The summed E-state index contributed by atoms with van der Waals surface area (Å²) in [5.41, 5.74) is 2.09. The maximum absolute atomic E-state index is 11.4. The molecule has 106 valence electrons. The van der Waals surface area contributed by atoms with E-state index in [9.17, 15) is 15.2 Å². The largest absolute Gasteiger partial charge is 0.390 e. The van der Waals surface area contributed by atoms with Crippen LogP contribution in [0, 0.1) is 10.1 Å². The van der Waals surface area contributed by atoms with Crippen LogP contribution in [0.2, 0.25) is 0 Å². The van der Waals surface area contributed by atoms with Crippen molar-refractivity contribution < 1.29 is 10.0 Å². The maximum Gasteiger partial charge on any atom is 0.319 e. The number of rotatable bonds is 2. The molecule has 3 rings (SSSR count). The van der Waals surface area contributed by atoms with Crippen LogP contribution in [0.4, 0.5) is 11.4 Å². The summed E-state index contributed by atoms with van der Waals surface area (Å²) in [6, 6.07) is 3.67. The quantitative estimate of drug-likeness (QED) is 0.680. The van der Waals surface area contributed by atoms with Gasteiger partial charge in [0, 0.05) is 13.1 Å². The summed E-state index contributed by atoms with van der Waals surface area (Å²) in [7, 11) is 0. The van der Waals surface area contributed by atoms with Gasteiger partial charge in [-0.15, -0.1) is 11.3 Å². The number of thiazole rings is 1. The van der Waals surface area contributed by atoms with E-state index in [0.717, 1.165) is 4.70 Å². The van der Waals surface area contributed by atoms with Gasteiger partial charge in [0.15, 0.2) is 5.52 Å². The highest BCUT2D eigenvalue weighted by Crippen LogP contribution is 2.38. The smallest absolute Gasteiger partial charge is 0.319 e. The highest BCUT2D eigenvalue weighted by molar-refractivity contribution is 7.16. The Kier molecular flexibility index (Phi) is 3.10. The standard InChI is InChI=1S/C13H15N3O3S/c1-13(17)4-6-15(7-5-13)9-2-3-10-11(14-8-20-10)12(9)16(18)19/h2-3,8,17H,4-7H2,1H3. The lowest BCUT2D eigenvalue weighted by atomic mass is 9.93. The first-order valence-electron chi connectivity index (χ1n) is 6.46. The lowest BCUT2D eigenvalue weighted by Crippen LogP contribution is -2.42. The van der Waals surface area contributed by atoms with Crippen LogP contribution in [-0.2, 0) is 0 Å². The van der Waals surface area contributed by atoms with Gasteiger partial charge in [-0.1, -0.05) is 0 Å². The first-order valence-corrected chi connectivity index (χ1v) is 7.34. The van der Waals surface area contributed by atoms with Crippen molar-refractivity contribution >= 4 is 32.9 Å². The Morgan fingerprint density at radius 3 is 2.80 bits per heavy atom. The minimum atomic E-state index is -0.671. The topological polar surface area (TPSA) is 79.5 Å². The summed E-state index contributed by atoms with van der Waals surface area (Å²) in [4.78, 5) is 17.1. The molecule has 1 saturated heterocycles. The normalized spacial score (nSPS) is 18.4. The van der Waals surface area contributed by atoms with Crippen LogP contribution in [0.25, 0.3) is 10.2 Å². The second kappa shape index (κ2) is 4.68. The summed E-state index contributed by atoms with van der Waals surface area (Å²) in [6.07, 6.45) is 1.22. The molecule has 0 radical (unpaired) electrons. The fourth-order valence-electron chi connectivity index (χ4n) is 2.57. The van der Waals surface area contributed by atoms with Crippen molar-refractivity contribution in [1.29, 1.82) is 0 Å². The maximum atomic E-state index is 11.4. The fourth-order valence-corrected chi connectivity index (χ4v) is 3.25. The Hall–Kier alpha value is -1.73. The van der Waals surface area contributed by atoms with Crippen molar-refractivity contribution in [3.63, 3.8) is 0 Å². The van der Waals surface area contributed by atoms with Crippen LogP contribution in [0.1, 0.15) is 19.8 Å². The molecule has 1 aliphatic rings. The van der Waals surface area contributed by atoms with Crippen molar-refractivity contribution in [2.24, 2.45) is 0 Å². The van der Waals surface area contributed by atoms with E-state index in [1.165, 1.54) is 11.3 Å². The van der Waals surface area contributed by atoms with E-state index in [4.69, 9.17) is 0 Å². The summed E-state index contributed by atoms with van der Waals surface area (Å²) in [6.45, 7) is 3.04. The van der Waals surface area contributed by atoms with Crippen LogP contribution in [0.15, 0.2) is 17.6 Å². The first kappa shape index (κ1) is 13.3. The number of hydrogen-bond acceptors (Lipinski definition) is 6. The summed E-state index contributed by atoms with van der Waals surface area (Å²) < 4.78 is 0.824. The lowest BCUT2D eigenvalue weighted by molar-refractivity contribution is -0.382. The molecule has 1 fully saturated rings. The van der Waals surface area contributed by atoms with E-state index >= 15 is 0 Å². The summed E-state index contributed by atoms with van der Waals surface area (Å²) in [5, 5.41) is 21.4. The predicted octanol–water partition coefficient (Wildman–Crippen LogP) is 2.56. The van der Waals surface area contributed by atoms with Gasteiger partial charge in [0.1, 0.15) is 5.69 Å². The molecule has 0 saturated carbocycles. The lowest BCUT2D eigenvalue weighted by Gasteiger charge is -2.36. The Balaban J connectivity index is 2.03. The molecule has 0 atom stereocenters. The Labute approximate surface area is 119 Å². The van der Waals surface area contributed by atoms with Crippen LogP contribution >= 0.6 is 11.3 Å². The zero-order chi connectivity index (χ0) is 14.3. The van der Waals surface area contributed by atoms with E-state index in [1.807, 2.05) is 17.9 Å². The number of benzene rings is 1. The third kappa shape index (κ3) is 2.23. The van der Waals surface area contributed by atoms with Crippen molar-refractivity contribution in [2.45, 2.75) is 25.4 Å². The van der Waals surface area contributed by atoms with Gasteiger partial charge in [-0.3, -0.25) is 10.1 Å². The molecule has 1 aromatic heterocycles. The van der Waals surface area contributed by atoms with Crippen molar-refractivity contribution in [2.75, 3.05) is 18.0 Å². The zero-order valence-corrected chi connectivity index (χ0v) is 11.9. The van der Waals surface area contributed by atoms with Crippen LogP contribution in [0.3, 0.4) is 0 Å². The average Bonchev–Trinajstić information content (AvgIpc) is 2.85. The molecule has 7 heteroatoms. The molecule has 1 N–H and O–H groups in total. The highest BCUT2D eigenvalue weighted by atomic mass is 32.1. The van der Waals surface area contributed by atoms with Gasteiger partial charge in [-0.25, -0.2) is 4.98 Å². The molecule has 6 nitrogen and oxygen atoms in total. The molecule has 1 aromatic carbocycles. The number of nitro benzene ring substituents is 1. The zero-order valence-electron chi connectivity index (χ0n) is 11.1. The van der Waals surface area contributed by atoms with E-state index in [0.29, 0.717) is 37.1 Å². The van der Waals surface area contributed by atoms with E-state index in [1.54, 1.807) is 11.6 Å². The molecule has 1 aliphatic heterocycles. The number of aliphatic hydroxyl groups is 1. The number of aromatic nitrogens is 1. The third-order valence-corrected chi connectivity index (χ3v) is 4.61. The third-order valence-electron chi connectivity index (χ3n) is 3.82. The Morgan fingerprint density at radius 2 is 2.15 bits per heavy atom. The predicted molar refractivity (Wildman–Crippen MR) is 78.3 cm³/mol. The van der Waals surface area contributed by atoms with Gasteiger partial charge in [0.2, 0.25) is 0 Å². The second-order valence-corrected chi connectivity index (χ2v) is 6.26. The molecule has 2 aromatic rings. The van der Waals surface area contributed by atoms with Crippen LogP contribution in [0.5, 0.6) is 0 Å². The molecule has 0 bridgehead atoms. The number of nitrogens with zero attached hydrogens (tertiary/aromatic N) is 3. The number of piperidine rings is 1. The first-order chi connectivity index (χ1) is 9.48. The molecule has 0 amide bonds. The summed E-state index contributed by atoms with van der Waals surface area (Å²) >= 11 is 1.40. The number of fused-ring (bicyclic) bond motifs is 1. The van der Waals surface area contributed by atoms with Gasteiger partial charge < -0.3 is 10.0 Å². The van der Waals surface area contributed by atoms with Crippen LogP contribution < -0.4 is 4.90 Å². The second-order valence-electron chi connectivity index (χ2n) is 5.37. The van der Waals surface area contributed by atoms with Crippen molar-refractivity contribution in [1.82, 2.24) is 4.98 Å². The van der Waals surface area contributed by atoms with E-state index < -0.39 is 5.60 Å². The minimum absolute atomic E-state index is 0.0743. The number of nitro groups is 1. The SMILES string of the molecule is CC1(O)CCN(c2ccc3scnc3c2[N+](=O)[O-])CC1. The number of hydrogen-bond donors (Lipinski definition) is 1. The van der Waals surface area contributed by atoms with Gasteiger partial charge in [-0.05, 0) is 31.9 Å². The molecular formula is C13H15N3O3S. The molecule has 20 heavy (non-hydrogen) atoms. The van der Waals surface area contributed by atoms with Gasteiger partial charge in [-0.2, -0.15) is 0 Å². The van der Waals surface area contributed by atoms with Crippen LogP contribution in [-0.4, -0.2) is 33.7 Å². The van der Waals surface area contributed by atoms with Crippen molar-refractivity contribution in [3.8, 4) is 0 Å². The van der Waals surface area contributed by atoms with E-state index in [2.05, 4.69) is 4.98 Å². The molecular weight excluding hydrogens is 278 g/mol. The molecule has 0 unspecified atom stereocenters. The Morgan fingerprint density at radius 1 is 1.45 bits per heavy atom. The molecule has 0 aliphatic carbocycles. The monoisotopic (exact) mass is 293 g/mol. The van der Waals surface area contributed by atoms with Gasteiger partial charge >= 0.3 is 5.69 Å². The highest BCUT2D eigenvalue weighted by Gasteiger charge is 2.31. The average molecular weight is 293 g/mol. The number of anilines is 1. The van der Waals surface area contributed by atoms with Gasteiger partial charge in [0.05, 0.1) is 20.7 Å². The van der Waals surface area contributed by atoms with Gasteiger partial charge in [0.25, 0.3) is 0 Å².